The summed E-state index contributed by atoms with van der Waals surface area (Å²) in [6.07, 6.45) is 0. The van der Waals surface area contributed by atoms with Gasteiger partial charge in [0.15, 0.2) is 6.04 Å². The van der Waals surface area contributed by atoms with Crippen molar-refractivity contribution in [1.82, 2.24) is 0 Å². The molecule has 0 aliphatic carbocycles. The van der Waals surface area contributed by atoms with Crippen LogP contribution in [0.5, 0.6) is 0 Å². The summed E-state index contributed by atoms with van der Waals surface area (Å²) in [6, 6.07) is 13.6. The van der Waals surface area contributed by atoms with Gasteiger partial charge in [0, 0.05) is 10.7 Å². The average Bonchev–Trinajstić information content (AvgIpc) is 2.37. The molecule has 0 unspecified atom stereocenters. The minimum Gasteiger partial charge on any atom is -0.479 e. The molecule has 2 N–H and O–H groups in total. The van der Waals surface area contributed by atoms with Crippen molar-refractivity contribution in [1.29, 1.82) is 0 Å². The first kappa shape index (κ1) is 13.4. The summed E-state index contributed by atoms with van der Waals surface area (Å²) in [5.74, 6) is -0.927. The van der Waals surface area contributed by atoms with Gasteiger partial charge in [0.1, 0.15) is 0 Å². The number of rotatable bonds is 4. The van der Waals surface area contributed by atoms with Crippen molar-refractivity contribution in [2.75, 3.05) is 5.32 Å². The smallest absolute Gasteiger partial charge is 0.330 e. The summed E-state index contributed by atoms with van der Waals surface area (Å²) < 4.78 is 0. The maximum absolute atomic E-state index is 11.4. The van der Waals surface area contributed by atoms with Crippen LogP contribution in [0.15, 0.2) is 48.5 Å². The molecule has 98 valence electrons. The fourth-order valence-corrected chi connectivity index (χ4v) is 1.97. The van der Waals surface area contributed by atoms with Gasteiger partial charge < -0.3 is 10.4 Å². The fraction of sp³-hybridized carbons (Fsp3) is 0.133. The third kappa shape index (κ3) is 3.48. The number of hydrogen-bond donors (Lipinski definition) is 2. The van der Waals surface area contributed by atoms with Crippen molar-refractivity contribution in [3.05, 3.63) is 64.7 Å². The number of carbonyl (C=O) groups is 1. The van der Waals surface area contributed by atoms with Crippen LogP contribution < -0.4 is 5.32 Å². The van der Waals surface area contributed by atoms with E-state index in [4.69, 9.17) is 11.6 Å². The Morgan fingerprint density at radius 1 is 1.21 bits per heavy atom. The molecule has 0 bridgehead atoms. The van der Waals surface area contributed by atoms with Gasteiger partial charge in [-0.25, -0.2) is 4.79 Å². The number of benzene rings is 2. The molecule has 0 aliphatic heterocycles. The number of halogens is 1. The number of anilines is 1. The van der Waals surface area contributed by atoms with Gasteiger partial charge in [-0.2, -0.15) is 0 Å². The average molecular weight is 276 g/mol. The zero-order chi connectivity index (χ0) is 13.8. The molecule has 0 heterocycles. The van der Waals surface area contributed by atoms with E-state index < -0.39 is 12.0 Å². The number of hydrogen-bond acceptors (Lipinski definition) is 2. The number of nitrogens with one attached hydrogen (secondary N) is 1. The highest BCUT2D eigenvalue weighted by molar-refractivity contribution is 6.30. The lowest BCUT2D eigenvalue weighted by atomic mass is 10.1. The quantitative estimate of drug-likeness (QED) is 0.890. The molecule has 2 rings (SSSR count). The molecule has 4 heteroatoms. The molecule has 2 aromatic rings. The number of aliphatic carboxylic acids is 1. The highest BCUT2D eigenvalue weighted by Gasteiger charge is 2.19. The van der Waals surface area contributed by atoms with E-state index in [1.54, 1.807) is 24.3 Å². The Kier molecular flexibility index (Phi) is 4.07. The van der Waals surface area contributed by atoms with Crippen molar-refractivity contribution in [2.24, 2.45) is 0 Å². The van der Waals surface area contributed by atoms with Crippen LogP contribution in [0.4, 0.5) is 5.69 Å². The maximum Gasteiger partial charge on any atom is 0.330 e. The van der Waals surface area contributed by atoms with Crippen molar-refractivity contribution in [3.8, 4) is 0 Å². The van der Waals surface area contributed by atoms with Gasteiger partial charge in [-0.3, -0.25) is 0 Å². The van der Waals surface area contributed by atoms with E-state index in [0.717, 1.165) is 11.3 Å². The third-order valence-electron chi connectivity index (χ3n) is 2.78. The van der Waals surface area contributed by atoms with E-state index in [2.05, 4.69) is 5.32 Å². The summed E-state index contributed by atoms with van der Waals surface area (Å²) in [5, 5.41) is 12.9. The molecule has 19 heavy (non-hydrogen) atoms. The van der Waals surface area contributed by atoms with Crippen LogP contribution in [0.3, 0.4) is 0 Å². The second-order valence-corrected chi connectivity index (χ2v) is 4.77. The first-order chi connectivity index (χ1) is 9.06. The lowest BCUT2D eigenvalue weighted by Gasteiger charge is -2.16. The second kappa shape index (κ2) is 5.76. The molecule has 3 nitrogen and oxygen atoms in total. The lowest BCUT2D eigenvalue weighted by molar-refractivity contribution is -0.138. The van der Waals surface area contributed by atoms with E-state index in [0.29, 0.717) is 10.6 Å². The zero-order valence-corrected chi connectivity index (χ0v) is 11.2. The normalized spacial score (nSPS) is 11.9. The molecule has 0 fully saturated rings. The molecular formula is C15H14ClNO2. The Bertz CT molecular complexity index is 581. The monoisotopic (exact) mass is 275 g/mol. The molecular weight excluding hydrogens is 262 g/mol. The summed E-state index contributed by atoms with van der Waals surface area (Å²) in [5.41, 5.74) is 2.52. The van der Waals surface area contributed by atoms with Crippen LogP contribution in [-0.2, 0) is 4.79 Å². The first-order valence-electron chi connectivity index (χ1n) is 5.88. The predicted octanol–water partition coefficient (Wildman–Crippen LogP) is 3.89. The molecule has 0 amide bonds. The lowest BCUT2D eigenvalue weighted by Crippen LogP contribution is -2.20. The zero-order valence-electron chi connectivity index (χ0n) is 10.4. The molecule has 0 saturated heterocycles. The van der Waals surface area contributed by atoms with E-state index in [1.807, 2.05) is 31.2 Å². The van der Waals surface area contributed by atoms with Crippen LogP contribution in [0.25, 0.3) is 0 Å². The molecule has 2 aromatic carbocycles. The van der Waals surface area contributed by atoms with Crippen molar-refractivity contribution >= 4 is 23.3 Å². The van der Waals surface area contributed by atoms with Gasteiger partial charge in [-0.1, -0.05) is 35.9 Å². The first-order valence-corrected chi connectivity index (χ1v) is 6.25. The Balaban J connectivity index is 2.26. The largest absolute Gasteiger partial charge is 0.479 e. The standard InChI is InChI=1S/C15H14ClNO2/c1-10-3-2-4-13(9-10)17-14(15(18)19)11-5-7-12(16)8-6-11/h2-9,14,17H,1H3,(H,18,19)/t14-/m0/s1. The minimum absolute atomic E-state index is 0.587. The SMILES string of the molecule is Cc1cccc(N[C@H](C(=O)O)c2ccc(Cl)cc2)c1. The van der Waals surface area contributed by atoms with Gasteiger partial charge in [0.05, 0.1) is 0 Å². The summed E-state index contributed by atoms with van der Waals surface area (Å²) in [4.78, 5) is 11.4. The number of aryl methyl sites for hydroxylation is 1. The van der Waals surface area contributed by atoms with Crippen LogP contribution in [0, 0.1) is 6.92 Å². The van der Waals surface area contributed by atoms with Gasteiger partial charge in [-0.05, 0) is 42.3 Å². The third-order valence-corrected chi connectivity index (χ3v) is 3.03. The highest BCUT2D eigenvalue weighted by atomic mass is 35.5. The van der Waals surface area contributed by atoms with Crippen LogP contribution in [-0.4, -0.2) is 11.1 Å². The highest BCUT2D eigenvalue weighted by Crippen LogP contribution is 2.22. The van der Waals surface area contributed by atoms with Crippen molar-refractivity contribution in [3.63, 3.8) is 0 Å². The second-order valence-electron chi connectivity index (χ2n) is 4.34. The molecule has 0 radical (unpaired) electrons. The van der Waals surface area contributed by atoms with Gasteiger partial charge in [0.2, 0.25) is 0 Å². The Morgan fingerprint density at radius 3 is 2.47 bits per heavy atom. The Labute approximate surface area is 116 Å². The number of carboxylic acid groups (broad SMARTS) is 1. The van der Waals surface area contributed by atoms with Crippen LogP contribution >= 0.6 is 11.6 Å². The van der Waals surface area contributed by atoms with Gasteiger partial charge in [0.25, 0.3) is 0 Å². The van der Waals surface area contributed by atoms with Crippen LogP contribution in [0.1, 0.15) is 17.2 Å². The predicted molar refractivity (Wildman–Crippen MR) is 76.6 cm³/mol. The topological polar surface area (TPSA) is 49.3 Å². The van der Waals surface area contributed by atoms with E-state index in [-0.39, 0.29) is 0 Å². The summed E-state index contributed by atoms with van der Waals surface area (Å²) in [7, 11) is 0. The van der Waals surface area contributed by atoms with Gasteiger partial charge >= 0.3 is 5.97 Å². The van der Waals surface area contributed by atoms with Crippen molar-refractivity contribution in [2.45, 2.75) is 13.0 Å². The molecule has 0 aromatic heterocycles. The van der Waals surface area contributed by atoms with E-state index in [9.17, 15) is 9.90 Å². The van der Waals surface area contributed by atoms with Crippen molar-refractivity contribution < 1.29 is 9.90 Å². The molecule has 1 atom stereocenters. The van der Waals surface area contributed by atoms with Gasteiger partial charge in [-0.15, -0.1) is 0 Å². The van der Waals surface area contributed by atoms with E-state index >= 15 is 0 Å². The fourth-order valence-electron chi connectivity index (χ4n) is 1.84. The summed E-state index contributed by atoms with van der Waals surface area (Å²) >= 11 is 5.81. The number of carboxylic acids is 1. The molecule has 0 spiro atoms. The molecule has 0 saturated carbocycles. The Morgan fingerprint density at radius 2 is 1.89 bits per heavy atom. The van der Waals surface area contributed by atoms with E-state index in [1.165, 1.54) is 0 Å². The molecule has 0 aliphatic rings. The van der Waals surface area contributed by atoms with Crippen LogP contribution in [0.2, 0.25) is 5.02 Å². The summed E-state index contributed by atoms with van der Waals surface area (Å²) in [6.45, 7) is 1.96. The maximum atomic E-state index is 11.4. The Hall–Kier alpha value is -2.00. The minimum atomic E-state index is -0.927.